The molecule has 1 fully saturated rings. The van der Waals surface area contributed by atoms with Crippen LogP contribution in [-0.4, -0.2) is 40.6 Å². The van der Waals surface area contributed by atoms with Gasteiger partial charge in [-0.2, -0.15) is 0 Å². The van der Waals surface area contributed by atoms with Gasteiger partial charge in [0.05, 0.1) is 6.26 Å². The van der Waals surface area contributed by atoms with E-state index in [1.165, 1.54) is 4.90 Å². The standard InChI is InChI=1S/C14H20N2O4/c1-10(6-7-11-4-3-9-20-11)15-14(19)16-8-2-5-12(16)13(17)18/h3-4,9-10,12H,2,5-8H2,1H3,(H,15,19)(H,17,18)/t10?,12-/m1/s1. The molecule has 0 saturated carbocycles. The van der Waals surface area contributed by atoms with E-state index >= 15 is 0 Å². The van der Waals surface area contributed by atoms with Crippen LogP contribution in [0.4, 0.5) is 4.79 Å². The van der Waals surface area contributed by atoms with Crippen LogP contribution in [-0.2, 0) is 11.2 Å². The maximum atomic E-state index is 12.1. The van der Waals surface area contributed by atoms with E-state index in [2.05, 4.69) is 5.32 Å². The number of carboxylic acids is 1. The van der Waals surface area contributed by atoms with Crippen molar-refractivity contribution in [2.75, 3.05) is 6.54 Å². The van der Waals surface area contributed by atoms with Crippen molar-refractivity contribution in [2.24, 2.45) is 0 Å². The number of carboxylic acid groups (broad SMARTS) is 1. The first-order chi connectivity index (χ1) is 9.58. The number of hydrogen-bond acceptors (Lipinski definition) is 3. The summed E-state index contributed by atoms with van der Waals surface area (Å²) in [4.78, 5) is 24.5. The third kappa shape index (κ3) is 3.53. The lowest BCUT2D eigenvalue weighted by Crippen LogP contribution is -2.48. The Hall–Kier alpha value is -1.98. The summed E-state index contributed by atoms with van der Waals surface area (Å²) in [6, 6.07) is 2.73. The molecule has 1 aromatic heterocycles. The van der Waals surface area contributed by atoms with Crippen LogP contribution in [0.2, 0.25) is 0 Å². The van der Waals surface area contributed by atoms with Crippen LogP contribution in [0.3, 0.4) is 0 Å². The van der Waals surface area contributed by atoms with Crippen LogP contribution < -0.4 is 5.32 Å². The smallest absolute Gasteiger partial charge is 0.326 e. The van der Waals surface area contributed by atoms with Crippen LogP contribution in [0.25, 0.3) is 0 Å². The Morgan fingerprint density at radius 1 is 1.60 bits per heavy atom. The summed E-state index contributed by atoms with van der Waals surface area (Å²) in [7, 11) is 0. The van der Waals surface area contributed by atoms with Gasteiger partial charge < -0.3 is 19.7 Å². The molecule has 0 radical (unpaired) electrons. The number of hydrogen-bond donors (Lipinski definition) is 2. The summed E-state index contributed by atoms with van der Waals surface area (Å²) >= 11 is 0. The van der Waals surface area contributed by atoms with Crippen LogP contribution in [0, 0.1) is 0 Å². The minimum absolute atomic E-state index is 0.0253. The molecular formula is C14H20N2O4. The van der Waals surface area contributed by atoms with E-state index in [0.717, 1.165) is 25.0 Å². The molecule has 6 nitrogen and oxygen atoms in total. The number of aliphatic carboxylic acids is 1. The molecule has 0 spiro atoms. The molecule has 1 aromatic rings. The fourth-order valence-electron chi connectivity index (χ4n) is 2.45. The Balaban J connectivity index is 1.79. The van der Waals surface area contributed by atoms with Crippen LogP contribution in [0.5, 0.6) is 0 Å². The minimum Gasteiger partial charge on any atom is -0.480 e. The van der Waals surface area contributed by atoms with Crippen LogP contribution in [0.1, 0.15) is 31.9 Å². The lowest BCUT2D eigenvalue weighted by atomic mass is 10.1. The lowest BCUT2D eigenvalue weighted by molar-refractivity contribution is -0.141. The lowest BCUT2D eigenvalue weighted by Gasteiger charge is -2.24. The Bertz CT molecular complexity index is 458. The fraction of sp³-hybridized carbons (Fsp3) is 0.571. The molecule has 1 saturated heterocycles. The third-order valence-corrected chi connectivity index (χ3v) is 3.57. The summed E-state index contributed by atoms with van der Waals surface area (Å²) in [5, 5.41) is 11.9. The normalized spacial score (nSPS) is 19.9. The molecule has 0 aliphatic carbocycles. The Kier molecular flexibility index (Phi) is 4.65. The zero-order valence-electron chi connectivity index (χ0n) is 11.5. The highest BCUT2D eigenvalue weighted by Gasteiger charge is 2.34. The fourth-order valence-corrected chi connectivity index (χ4v) is 2.45. The molecule has 6 heteroatoms. The third-order valence-electron chi connectivity index (χ3n) is 3.57. The molecule has 2 atom stereocenters. The van der Waals surface area contributed by atoms with Crippen molar-refractivity contribution < 1.29 is 19.1 Å². The van der Waals surface area contributed by atoms with E-state index in [4.69, 9.17) is 9.52 Å². The highest BCUT2D eigenvalue weighted by Crippen LogP contribution is 2.17. The van der Waals surface area contributed by atoms with Crippen molar-refractivity contribution >= 4 is 12.0 Å². The van der Waals surface area contributed by atoms with Gasteiger partial charge in [0.15, 0.2) is 0 Å². The number of likely N-dealkylation sites (tertiary alicyclic amines) is 1. The minimum atomic E-state index is -0.930. The Morgan fingerprint density at radius 2 is 2.40 bits per heavy atom. The van der Waals surface area contributed by atoms with Crippen molar-refractivity contribution in [2.45, 2.75) is 44.7 Å². The molecular weight excluding hydrogens is 260 g/mol. The maximum absolute atomic E-state index is 12.1. The number of aryl methyl sites for hydroxylation is 1. The van der Waals surface area contributed by atoms with Crippen molar-refractivity contribution in [3.8, 4) is 0 Å². The molecule has 2 N–H and O–H groups in total. The van der Waals surface area contributed by atoms with Crippen LogP contribution >= 0.6 is 0 Å². The molecule has 1 unspecified atom stereocenters. The number of carbonyl (C=O) groups excluding carboxylic acids is 1. The zero-order chi connectivity index (χ0) is 14.5. The summed E-state index contributed by atoms with van der Waals surface area (Å²) in [5.74, 6) is -0.0448. The quantitative estimate of drug-likeness (QED) is 0.862. The van der Waals surface area contributed by atoms with Gasteiger partial charge in [0.25, 0.3) is 0 Å². The predicted molar refractivity (Wildman–Crippen MR) is 72.4 cm³/mol. The molecule has 1 aliphatic rings. The SMILES string of the molecule is CC(CCc1ccco1)NC(=O)N1CCC[C@@H]1C(=O)O. The van der Waals surface area contributed by atoms with Crippen molar-refractivity contribution in [3.05, 3.63) is 24.2 Å². The number of amides is 2. The first kappa shape index (κ1) is 14.4. The zero-order valence-corrected chi connectivity index (χ0v) is 11.5. The number of urea groups is 1. The van der Waals surface area contributed by atoms with Gasteiger partial charge in [0.2, 0.25) is 0 Å². The monoisotopic (exact) mass is 280 g/mol. The highest BCUT2D eigenvalue weighted by atomic mass is 16.4. The molecule has 0 bridgehead atoms. The van der Waals surface area contributed by atoms with Gasteiger partial charge in [0.1, 0.15) is 11.8 Å². The number of furan rings is 1. The van der Waals surface area contributed by atoms with Crippen LogP contribution in [0.15, 0.2) is 22.8 Å². The van der Waals surface area contributed by atoms with Gasteiger partial charge >= 0.3 is 12.0 Å². The molecule has 2 rings (SSSR count). The largest absolute Gasteiger partial charge is 0.480 e. The average Bonchev–Trinajstić information content (AvgIpc) is 3.07. The van der Waals surface area contributed by atoms with Crippen molar-refractivity contribution in [1.29, 1.82) is 0 Å². The molecule has 2 amide bonds. The van der Waals surface area contributed by atoms with Gasteiger partial charge in [-0.25, -0.2) is 9.59 Å². The topological polar surface area (TPSA) is 82.8 Å². The predicted octanol–water partition coefficient (Wildman–Crippen LogP) is 1.86. The molecule has 1 aliphatic heterocycles. The second kappa shape index (κ2) is 6.45. The van der Waals surface area contributed by atoms with E-state index in [1.807, 2.05) is 19.1 Å². The van der Waals surface area contributed by atoms with E-state index in [0.29, 0.717) is 13.0 Å². The summed E-state index contributed by atoms with van der Waals surface area (Å²) in [6.45, 7) is 2.42. The first-order valence-electron chi connectivity index (χ1n) is 6.90. The molecule has 2 heterocycles. The van der Waals surface area contributed by atoms with Gasteiger partial charge in [-0.3, -0.25) is 0 Å². The summed E-state index contributed by atoms with van der Waals surface area (Å²) < 4.78 is 5.24. The maximum Gasteiger partial charge on any atom is 0.326 e. The summed E-state index contributed by atoms with van der Waals surface area (Å²) in [6.07, 6.45) is 4.40. The van der Waals surface area contributed by atoms with Gasteiger partial charge in [-0.15, -0.1) is 0 Å². The second-order valence-corrected chi connectivity index (χ2v) is 5.16. The van der Waals surface area contributed by atoms with E-state index < -0.39 is 12.0 Å². The Morgan fingerprint density at radius 3 is 3.05 bits per heavy atom. The molecule has 20 heavy (non-hydrogen) atoms. The molecule has 110 valence electrons. The van der Waals surface area contributed by atoms with E-state index in [1.54, 1.807) is 6.26 Å². The number of rotatable bonds is 5. The number of carbonyl (C=O) groups is 2. The van der Waals surface area contributed by atoms with E-state index in [-0.39, 0.29) is 12.1 Å². The van der Waals surface area contributed by atoms with Gasteiger partial charge in [0, 0.05) is 19.0 Å². The second-order valence-electron chi connectivity index (χ2n) is 5.16. The summed E-state index contributed by atoms with van der Waals surface area (Å²) in [5.41, 5.74) is 0. The first-order valence-corrected chi connectivity index (χ1v) is 6.90. The van der Waals surface area contributed by atoms with Crippen molar-refractivity contribution in [1.82, 2.24) is 10.2 Å². The van der Waals surface area contributed by atoms with Gasteiger partial charge in [-0.05, 0) is 38.3 Å². The van der Waals surface area contributed by atoms with E-state index in [9.17, 15) is 9.59 Å². The number of nitrogens with one attached hydrogen (secondary N) is 1. The van der Waals surface area contributed by atoms with Crippen molar-refractivity contribution in [3.63, 3.8) is 0 Å². The highest BCUT2D eigenvalue weighted by molar-refractivity contribution is 5.83. The Labute approximate surface area is 117 Å². The number of nitrogens with zero attached hydrogens (tertiary/aromatic N) is 1. The average molecular weight is 280 g/mol. The van der Waals surface area contributed by atoms with Gasteiger partial charge in [-0.1, -0.05) is 0 Å². The molecule has 0 aromatic carbocycles.